The van der Waals surface area contributed by atoms with Gasteiger partial charge in [-0.1, -0.05) is 30.3 Å². The lowest BCUT2D eigenvalue weighted by molar-refractivity contribution is -0.116. The highest BCUT2D eigenvalue weighted by molar-refractivity contribution is 7.81. The van der Waals surface area contributed by atoms with Crippen LogP contribution >= 0.6 is 12.6 Å². The van der Waals surface area contributed by atoms with Gasteiger partial charge in [0, 0.05) is 12.2 Å². The summed E-state index contributed by atoms with van der Waals surface area (Å²) >= 11 is 3.91. The van der Waals surface area contributed by atoms with E-state index in [1.807, 2.05) is 30.3 Å². The zero-order valence-corrected chi connectivity index (χ0v) is 7.76. The van der Waals surface area contributed by atoms with Crippen LogP contribution in [0.15, 0.2) is 30.3 Å². The van der Waals surface area contributed by atoms with Gasteiger partial charge in [0.25, 0.3) is 0 Å². The molecule has 0 saturated heterocycles. The number of hydrogen-bond acceptors (Lipinski definition) is 2. The van der Waals surface area contributed by atoms with E-state index in [0.29, 0.717) is 12.2 Å². The average molecular weight is 180 g/mol. The minimum absolute atomic E-state index is 0.210. The minimum atomic E-state index is 0.210. The van der Waals surface area contributed by atoms with Gasteiger partial charge in [0.15, 0.2) is 0 Å². The number of ketones is 1. The number of Topliss-reactive ketones (excluding diaryl/α,β-unsaturated/α-hetero) is 1. The molecule has 0 N–H and O–H groups in total. The van der Waals surface area contributed by atoms with Crippen molar-refractivity contribution in [3.63, 3.8) is 0 Å². The second-order valence-corrected chi connectivity index (χ2v) is 3.00. The summed E-state index contributed by atoms with van der Waals surface area (Å²) < 4.78 is 0. The van der Waals surface area contributed by atoms with Crippen LogP contribution in [-0.2, 0) is 11.2 Å². The SMILES string of the molecule is O=C(CS)CCc1ccccc1. The van der Waals surface area contributed by atoms with Crippen molar-refractivity contribution < 1.29 is 4.79 Å². The highest BCUT2D eigenvalue weighted by Crippen LogP contribution is 2.02. The van der Waals surface area contributed by atoms with E-state index in [9.17, 15) is 4.79 Å². The molecule has 1 nitrogen and oxygen atoms in total. The van der Waals surface area contributed by atoms with E-state index in [1.54, 1.807) is 0 Å². The molecule has 0 aliphatic rings. The standard InChI is InChI=1S/C10H12OS/c11-10(8-12)7-6-9-4-2-1-3-5-9/h1-5,12H,6-8H2. The van der Waals surface area contributed by atoms with Crippen molar-refractivity contribution >= 4 is 18.4 Å². The molecule has 0 atom stereocenters. The summed E-state index contributed by atoms with van der Waals surface area (Å²) in [7, 11) is 0. The number of aryl methyl sites for hydroxylation is 1. The van der Waals surface area contributed by atoms with E-state index in [0.717, 1.165) is 6.42 Å². The van der Waals surface area contributed by atoms with Crippen LogP contribution in [0.3, 0.4) is 0 Å². The Bertz CT molecular complexity index is 243. The van der Waals surface area contributed by atoms with E-state index in [1.165, 1.54) is 5.56 Å². The molecule has 1 aromatic rings. The van der Waals surface area contributed by atoms with Gasteiger partial charge < -0.3 is 0 Å². The van der Waals surface area contributed by atoms with Crippen LogP contribution in [0, 0.1) is 0 Å². The number of rotatable bonds is 4. The number of carbonyl (C=O) groups is 1. The van der Waals surface area contributed by atoms with E-state index >= 15 is 0 Å². The summed E-state index contributed by atoms with van der Waals surface area (Å²) in [4.78, 5) is 10.9. The Morgan fingerprint density at radius 2 is 1.92 bits per heavy atom. The second-order valence-electron chi connectivity index (χ2n) is 2.68. The summed E-state index contributed by atoms with van der Waals surface area (Å²) in [5.74, 6) is 0.564. The maximum atomic E-state index is 10.9. The summed E-state index contributed by atoms with van der Waals surface area (Å²) in [5.41, 5.74) is 1.22. The van der Waals surface area contributed by atoms with Crippen molar-refractivity contribution in [3.05, 3.63) is 35.9 Å². The molecule has 0 aromatic heterocycles. The van der Waals surface area contributed by atoms with Crippen molar-refractivity contribution in [2.24, 2.45) is 0 Å². The summed E-state index contributed by atoms with van der Waals surface area (Å²) in [6.07, 6.45) is 1.44. The quantitative estimate of drug-likeness (QED) is 0.702. The summed E-state index contributed by atoms with van der Waals surface area (Å²) in [6, 6.07) is 10.0. The lowest BCUT2D eigenvalue weighted by Gasteiger charge is -1.97. The molecule has 0 bridgehead atoms. The van der Waals surface area contributed by atoms with E-state index < -0.39 is 0 Å². The fraction of sp³-hybridized carbons (Fsp3) is 0.300. The lowest BCUT2D eigenvalue weighted by atomic mass is 10.1. The smallest absolute Gasteiger partial charge is 0.142 e. The number of thiol groups is 1. The molecule has 0 aliphatic heterocycles. The molecule has 12 heavy (non-hydrogen) atoms. The lowest BCUT2D eigenvalue weighted by Crippen LogP contribution is -2.00. The molecule has 2 heteroatoms. The summed E-state index contributed by atoms with van der Waals surface area (Å²) in [5, 5.41) is 0. The van der Waals surface area contributed by atoms with Crippen molar-refractivity contribution in [2.45, 2.75) is 12.8 Å². The number of carbonyl (C=O) groups excluding carboxylic acids is 1. The Morgan fingerprint density at radius 3 is 2.50 bits per heavy atom. The van der Waals surface area contributed by atoms with Crippen molar-refractivity contribution in [2.75, 3.05) is 5.75 Å². The third kappa shape index (κ3) is 3.09. The minimum Gasteiger partial charge on any atom is -0.299 e. The Balaban J connectivity index is 2.38. The fourth-order valence-corrected chi connectivity index (χ4v) is 1.17. The molecule has 0 aliphatic carbocycles. The topological polar surface area (TPSA) is 17.1 Å². The molecule has 1 aromatic carbocycles. The van der Waals surface area contributed by atoms with Gasteiger partial charge in [-0.3, -0.25) is 4.79 Å². The maximum absolute atomic E-state index is 10.9. The maximum Gasteiger partial charge on any atom is 0.142 e. The van der Waals surface area contributed by atoms with Gasteiger partial charge in [-0.2, -0.15) is 12.6 Å². The highest BCUT2D eigenvalue weighted by atomic mass is 32.1. The van der Waals surface area contributed by atoms with Gasteiger partial charge in [0.05, 0.1) is 0 Å². The van der Waals surface area contributed by atoms with Gasteiger partial charge in [0.2, 0.25) is 0 Å². The Labute approximate surface area is 78.2 Å². The molecule has 0 amide bonds. The van der Waals surface area contributed by atoms with Crippen molar-refractivity contribution in [3.8, 4) is 0 Å². The monoisotopic (exact) mass is 180 g/mol. The molecule has 0 radical (unpaired) electrons. The van der Waals surface area contributed by atoms with Crippen LogP contribution in [-0.4, -0.2) is 11.5 Å². The van der Waals surface area contributed by atoms with Crippen LogP contribution < -0.4 is 0 Å². The van der Waals surface area contributed by atoms with E-state index in [-0.39, 0.29) is 5.78 Å². The first-order chi connectivity index (χ1) is 5.83. The number of hydrogen-bond donors (Lipinski definition) is 1. The van der Waals surface area contributed by atoms with Crippen LogP contribution in [0.1, 0.15) is 12.0 Å². The second kappa shape index (κ2) is 4.99. The molecule has 0 unspecified atom stereocenters. The van der Waals surface area contributed by atoms with Gasteiger partial charge in [-0.05, 0) is 12.0 Å². The number of benzene rings is 1. The first-order valence-electron chi connectivity index (χ1n) is 3.99. The predicted molar refractivity (Wildman–Crippen MR) is 53.6 cm³/mol. The first-order valence-corrected chi connectivity index (χ1v) is 4.62. The zero-order chi connectivity index (χ0) is 8.81. The molecule has 0 fully saturated rings. The van der Waals surface area contributed by atoms with E-state index in [4.69, 9.17) is 0 Å². The molecule has 0 heterocycles. The molecule has 0 saturated carbocycles. The molecular formula is C10H12OS. The Morgan fingerprint density at radius 1 is 1.25 bits per heavy atom. The summed E-state index contributed by atoms with van der Waals surface area (Å²) in [6.45, 7) is 0. The molecular weight excluding hydrogens is 168 g/mol. The van der Waals surface area contributed by atoms with Crippen LogP contribution in [0.5, 0.6) is 0 Å². The fourth-order valence-electron chi connectivity index (χ4n) is 1.01. The van der Waals surface area contributed by atoms with Crippen LogP contribution in [0.25, 0.3) is 0 Å². The van der Waals surface area contributed by atoms with Gasteiger partial charge in [-0.25, -0.2) is 0 Å². The molecule has 64 valence electrons. The Kier molecular flexibility index (Phi) is 3.88. The highest BCUT2D eigenvalue weighted by Gasteiger charge is 1.98. The molecule has 0 spiro atoms. The van der Waals surface area contributed by atoms with Crippen molar-refractivity contribution in [1.82, 2.24) is 0 Å². The van der Waals surface area contributed by atoms with E-state index in [2.05, 4.69) is 12.6 Å². The first kappa shape index (κ1) is 9.33. The van der Waals surface area contributed by atoms with Crippen LogP contribution in [0.2, 0.25) is 0 Å². The van der Waals surface area contributed by atoms with Gasteiger partial charge in [-0.15, -0.1) is 0 Å². The largest absolute Gasteiger partial charge is 0.299 e. The van der Waals surface area contributed by atoms with Crippen LogP contribution in [0.4, 0.5) is 0 Å². The predicted octanol–water partition coefficient (Wildman–Crippen LogP) is 2.12. The van der Waals surface area contributed by atoms with Crippen molar-refractivity contribution in [1.29, 1.82) is 0 Å². The van der Waals surface area contributed by atoms with Gasteiger partial charge in [0.1, 0.15) is 5.78 Å². The average Bonchev–Trinajstić information content (AvgIpc) is 2.16. The van der Waals surface area contributed by atoms with Gasteiger partial charge >= 0.3 is 0 Å². The normalized spacial score (nSPS) is 9.75. The zero-order valence-electron chi connectivity index (χ0n) is 6.86. The third-order valence-electron chi connectivity index (χ3n) is 1.71. The Hall–Kier alpha value is -0.760. The molecule has 1 rings (SSSR count). The third-order valence-corrected chi connectivity index (χ3v) is 2.06.